The number of hydrogen-bond acceptors (Lipinski definition) is 4. The first-order valence-electron chi connectivity index (χ1n) is 6.65. The molecule has 1 heterocycles. The number of nitrogens with one attached hydrogen (secondary N) is 1. The summed E-state index contributed by atoms with van der Waals surface area (Å²) >= 11 is 0. The fraction of sp³-hybridized carbons (Fsp3) is 0.500. The second kappa shape index (κ2) is 5.78. The summed E-state index contributed by atoms with van der Waals surface area (Å²) in [5.41, 5.74) is -0.998. The van der Waals surface area contributed by atoms with Gasteiger partial charge in [0.2, 0.25) is 0 Å². The van der Waals surface area contributed by atoms with Crippen molar-refractivity contribution in [3.05, 3.63) is 38.6 Å². The lowest BCUT2D eigenvalue weighted by molar-refractivity contribution is 0.501. The molecule has 2 rings (SSSR count). The van der Waals surface area contributed by atoms with Gasteiger partial charge in [-0.05, 0) is 25.2 Å². The number of allylic oxidation sites excluding steroid dienone is 2. The average Bonchev–Trinajstić information content (AvgIpc) is 2.48. The van der Waals surface area contributed by atoms with E-state index in [0.29, 0.717) is 18.3 Å². The summed E-state index contributed by atoms with van der Waals surface area (Å²) in [6.45, 7) is 0.652. The third-order valence-electron chi connectivity index (χ3n) is 3.71. The summed E-state index contributed by atoms with van der Waals surface area (Å²) in [5.74, 6) is 0.779. The number of aromatic nitrogens is 2. The van der Waals surface area contributed by atoms with Crippen molar-refractivity contribution in [2.75, 3.05) is 11.9 Å². The Hall–Kier alpha value is -2.29. The molecule has 0 saturated heterocycles. The van der Waals surface area contributed by atoms with Crippen molar-refractivity contribution in [3.8, 4) is 6.07 Å². The van der Waals surface area contributed by atoms with Crippen molar-refractivity contribution >= 4 is 5.82 Å². The van der Waals surface area contributed by atoms with E-state index in [4.69, 9.17) is 5.26 Å². The highest BCUT2D eigenvalue weighted by molar-refractivity contribution is 5.51. The van der Waals surface area contributed by atoms with Crippen LogP contribution in [0.5, 0.6) is 0 Å². The van der Waals surface area contributed by atoms with Crippen LogP contribution in [0.25, 0.3) is 0 Å². The van der Waals surface area contributed by atoms with Gasteiger partial charge < -0.3 is 5.32 Å². The molecule has 0 aromatic carbocycles. The molecule has 0 aliphatic heterocycles. The van der Waals surface area contributed by atoms with Gasteiger partial charge in [-0.2, -0.15) is 5.26 Å². The minimum absolute atomic E-state index is 0.0130. The predicted molar refractivity (Wildman–Crippen MR) is 76.6 cm³/mol. The van der Waals surface area contributed by atoms with Gasteiger partial charge >= 0.3 is 5.69 Å². The minimum atomic E-state index is -0.554. The SMILES string of the molecule is Cn1c(NCC2CC=CCC2)c(C#N)c(=O)n(C)c1=O. The van der Waals surface area contributed by atoms with Crippen LogP contribution in [0, 0.1) is 17.2 Å². The van der Waals surface area contributed by atoms with E-state index in [1.54, 1.807) is 7.05 Å². The van der Waals surface area contributed by atoms with Crippen molar-refractivity contribution in [1.82, 2.24) is 9.13 Å². The Balaban J connectivity index is 2.32. The van der Waals surface area contributed by atoms with Gasteiger partial charge in [0.15, 0.2) is 5.56 Å². The summed E-state index contributed by atoms with van der Waals surface area (Å²) in [6.07, 6.45) is 7.40. The maximum atomic E-state index is 11.9. The minimum Gasteiger partial charge on any atom is -0.370 e. The highest BCUT2D eigenvalue weighted by Crippen LogP contribution is 2.19. The van der Waals surface area contributed by atoms with E-state index in [1.807, 2.05) is 6.07 Å². The molecule has 0 bridgehead atoms. The molecule has 1 unspecified atom stereocenters. The van der Waals surface area contributed by atoms with Crippen LogP contribution in [0.1, 0.15) is 24.8 Å². The van der Waals surface area contributed by atoms with Crippen molar-refractivity contribution < 1.29 is 0 Å². The molecule has 1 N–H and O–H groups in total. The van der Waals surface area contributed by atoms with E-state index < -0.39 is 11.2 Å². The van der Waals surface area contributed by atoms with E-state index in [0.717, 1.165) is 23.8 Å². The molecule has 0 fully saturated rings. The van der Waals surface area contributed by atoms with E-state index >= 15 is 0 Å². The van der Waals surface area contributed by atoms with E-state index in [2.05, 4.69) is 17.5 Å². The molecule has 1 aliphatic carbocycles. The lowest BCUT2D eigenvalue weighted by atomic mass is 9.94. The smallest absolute Gasteiger partial charge is 0.332 e. The zero-order valence-corrected chi connectivity index (χ0v) is 11.7. The fourth-order valence-corrected chi connectivity index (χ4v) is 2.43. The standard InChI is InChI=1S/C14H18N4O2/c1-17-12(16-9-10-6-4-3-5-7-10)11(8-15)13(19)18(2)14(17)20/h3-4,10,16H,5-7,9H2,1-2H3. The molecule has 1 aliphatic rings. The van der Waals surface area contributed by atoms with Crippen molar-refractivity contribution in [3.63, 3.8) is 0 Å². The first-order valence-corrected chi connectivity index (χ1v) is 6.65. The third-order valence-corrected chi connectivity index (χ3v) is 3.71. The highest BCUT2D eigenvalue weighted by atomic mass is 16.2. The zero-order valence-electron chi connectivity index (χ0n) is 11.7. The molecule has 6 heteroatoms. The van der Waals surface area contributed by atoms with Crippen LogP contribution in [-0.2, 0) is 14.1 Å². The van der Waals surface area contributed by atoms with Gasteiger partial charge in [-0.25, -0.2) is 4.79 Å². The summed E-state index contributed by atoms with van der Waals surface area (Å²) in [5, 5.41) is 12.3. The first kappa shape index (κ1) is 14.1. The summed E-state index contributed by atoms with van der Waals surface area (Å²) in [6, 6.07) is 1.89. The molecule has 0 amide bonds. The van der Waals surface area contributed by atoms with Crippen molar-refractivity contribution in [2.24, 2.45) is 20.0 Å². The normalized spacial score (nSPS) is 17.8. The number of nitrogens with zero attached hydrogens (tertiary/aromatic N) is 3. The Labute approximate surface area is 117 Å². The molecule has 106 valence electrons. The molecular weight excluding hydrogens is 256 g/mol. The van der Waals surface area contributed by atoms with Gasteiger partial charge in [0.25, 0.3) is 5.56 Å². The Morgan fingerprint density at radius 3 is 2.70 bits per heavy atom. The van der Waals surface area contributed by atoms with Gasteiger partial charge in [-0.1, -0.05) is 12.2 Å². The summed E-state index contributed by atoms with van der Waals surface area (Å²) < 4.78 is 2.27. The molecular formula is C14H18N4O2. The lowest BCUT2D eigenvalue weighted by Crippen LogP contribution is -2.40. The Bertz CT molecular complexity index is 691. The number of hydrogen-bond donors (Lipinski definition) is 1. The Morgan fingerprint density at radius 1 is 1.35 bits per heavy atom. The Morgan fingerprint density at radius 2 is 2.10 bits per heavy atom. The number of nitriles is 1. The van der Waals surface area contributed by atoms with Crippen LogP contribution in [0.4, 0.5) is 5.82 Å². The van der Waals surface area contributed by atoms with E-state index in [1.165, 1.54) is 11.6 Å². The average molecular weight is 274 g/mol. The lowest BCUT2D eigenvalue weighted by Gasteiger charge is -2.20. The molecule has 1 aromatic heterocycles. The third kappa shape index (κ3) is 2.52. The van der Waals surface area contributed by atoms with Crippen LogP contribution >= 0.6 is 0 Å². The molecule has 0 spiro atoms. The van der Waals surface area contributed by atoms with Gasteiger partial charge in [0, 0.05) is 20.6 Å². The second-order valence-corrected chi connectivity index (χ2v) is 5.07. The van der Waals surface area contributed by atoms with E-state index in [-0.39, 0.29) is 5.56 Å². The van der Waals surface area contributed by atoms with Gasteiger partial charge in [-0.3, -0.25) is 13.9 Å². The monoisotopic (exact) mass is 274 g/mol. The summed E-state index contributed by atoms with van der Waals surface area (Å²) in [7, 11) is 2.94. The quantitative estimate of drug-likeness (QED) is 0.824. The second-order valence-electron chi connectivity index (χ2n) is 5.07. The van der Waals surface area contributed by atoms with Crippen LogP contribution in [-0.4, -0.2) is 15.7 Å². The van der Waals surface area contributed by atoms with Gasteiger partial charge in [0.1, 0.15) is 11.9 Å². The van der Waals surface area contributed by atoms with E-state index in [9.17, 15) is 9.59 Å². The first-order chi connectivity index (χ1) is 9.56. The summed E-state index contributed by atoms with van der Waals surface area (Å²) in [4.78, 5) is 23.8. The number of anilines is 1. The van der Waals surface area contributed by atoms with Crippen LogP contribution in [0.15, 0.2) is 21.7 Å². The van der Waals surface area contributed by atoms with Crippen LogP contribution in [0.3, 0.4) is 0 Å². The molecule has 0 radical (unpaired) electrons. The fourth-order valence-electron chi connectivity index (χ4n) is 2.43. The zero-order chi connectivity index (χ0) is 14.7. The predicted octanol–water partition coefficient (Wildman–Crippen LogP) is 0.724. The highest BCUT2D eigenvalue weighted by Gasteiger charge is 2.17. The molecule has 1 aromatic rings. The molecule has 0 saturated carbocycles. The van der Waals surface area contributed by atoms with Crippen molar-refractivity contribution in [2.45, 2.75) is 19.3 Å². The van der Waals surface area contributed by atoms with Crippen LogP contribution in [0.2, 0.25) is 0 Å². The van der Waals surface area contributed by atoms with Gasteiger partial charge in [-0.15, -0.1) is 0 Å². The molecule has 20 heavy (non-hydrogen) atoms. The Kier molecular flexibility index (Phi) is 4.08. The number of rotatable bonds is 3. The molecule has 1 atom stereocenters. The van der Waals surface area contributed by atoms with Gasteiger partial charge in [0.05, 0.1) is 0 Å². The largest absolute Gasteiger partial charge is 0.370 e. The maximum absolute atomic E-state index is 11.9. The van der Waals surface area contributed by atoms with Crippen molar-refractivity contribution in [1.29, 1.82) is 5.26 Å². The van der Waals surface area contributed by atoms with Crippen LogP contribution < -0.4 is 16.6 Å². The maximum Gasteiger partial charge on any atom is 0.332 e. The topological polar surface area (TPSA) is 79.8 Å². The molecule has 6 nitrogen and oxygen atoms in total.